The third-order valence-electron chi connectivity index (χ3n) is 6.96. The molecule has 4 rings (SSSR count). The van der Waals surface area contributed by atoms with E-state index in [9.17, 15) is 15.0 Å². The summed E-state index contributed by atoms with van der Waals surface area (Å²) >= 11 is 0. The second-order valence-corrected chi connectivity index (χ2v) is 9.13. The molecular formula is C28H33NO6. The van der Waals surface area contributed by atoms with Gasteiger partial charge in [0, 0.05) is 30.5 Å². The van der Waals surface area contributed by atoms with Crippen molar-refractivity contribution >= 4 is 5.97 Å². The van der Waals surface area contributed by atoms with Gasteiger partial charge in [-0.25, -0.2) is 0 Å². The number of hydrogen-bond donors (Lipinski definition) is 2. The molecule has 1 unspecified atom stereocenters. The summed E-state index contributed by atoms with van der Waals surface area (Å²) in [5.74, 6) is 0.973. The van der Waals surface area contributed by atoms with Gasteiger partial charge in [-0.15, -0.1) is 0 Å². The number of aliphatic carboxylic acids is 1. The fraction of sp³-hybridized carbons (Fsp3) is 0.393. The SMILES string of the molecule is COc1ccc(C([C@@H](CO)CC2Cc3ccccc3C2)n2ccc(CC(=O)O)c2)c(OC)c1OC. The molecule has 1 aliphatic carbocycles. The zero-order chi connectivity index (χ0) is 24.9. The molecular weight excluding hydrogens is 446 g/mol. The van der Waals surface area contributed by atoms with E-state index in [4.69, 9.17) is 14.2 Å². The van der Waals surface area contributed by atoms with Crippen LogP contribution >= 0.6 is 0 Å². The molecule has 2 aromatic carbocycles. The van der Waals surface area contributed by atoms with E-state index in [1.54, 1.807) is 21.3 Å². The number of nitrogens with zero attached hydrogens (tertiary/aromatic N) is 1. The van der Waals surface area contributed by atoms with E-state index in [1.165, 1.54) is 11.1 Å². The van der Waals surface area contributed by atoms with E-state index in [0.717, 1.165) is 24.8 Å². The van der Waals surface area contributed by atoms with Crippen molar-refractivity contribution in [2.45, 2.75) is 31.7 Å². The van der Waals surface area contributed by atoms with Crippen molar-refractivity contribution in [3.05, 3.63) is 77.1 Å². The average molecular weight is 480 g/mol. The second kappa shape index (κ2) is 10.9. The standard InChI is InChI=1S/C28H33NO6/c1-33-24-9-8-23(27(34-2)28(24)35-3)26(29-11-10-18(16-29)15-25(31)32)22(17-30)14-19-12-20-6-4-5-7-21(20)13-19/h4-11,16,19,22,26,30H,12-15,17H2,1-3H3,(H,31,32)/t22-,26?/m1/s1. The highest BCUT2D eigenvalue weighted by Gasteiger charge is 2.33. The number of aliphatic hydroxyl groups excluding tert-OH is 1. The van der Waals surface area contributed by atoms with Crippen LogP contribution in [0.1, 0.15) is 34.7 Å². The van der Waals surface area contributed by atoms with Crippen molar-refractivity contribution in [2.24, 2.45) is 11.8 Å². The monoisotopic (exact) mass is 479 g/mol. The Morgan fingerprint density at radius 3 is 2.26 bits per heavy atom. The lowest BCUT2D eigenvalue weighted by molar-refractivity contribution is -0.136. The Labute approximate surface area is 205 Å². The van der Waals surface area contributed by atoms with Crippen molar-refractivity contribution in [2.75, 3.05) is 27.9 Å². The van der Waals surface area contributed by atoms with Crippen LogP contribution in [0.5, 0.6) is 17.2 Å². The lowest BCUT2D eigenvalue weighted by atomic mass is 9.84. The zero-order valence-electron chi connectivity index (χ0n) is 20.4. The van der Waals surface area contributed by atoms with Gasteiger partial charge in [0.05, 0.1) is 33.8 Å². The minimum Gasteiger partial charge on any atom is -0.493 e. The van der Waals surface area contributed by atoms with E-state index in [0.29, 0.717) is 28.7 Å². The summed E-state index contributed by atoms with van der Waals surface area (Å²) in [4.78, 5) is 11.3. The maximum Gasteiger partial charge on any atom is 0.307 e. The number of carboxylic acid groups (broad SMARTS) is 1. The van der Waals surface area contributed by atoms with Gasteiger partial charge < -0.3 is 29.0 Å². The van der Waals surface area contributed by atoms with Gasteiger partial charge in [-0.1, -0.05) is 24.3 Å². The van der Waals surface area contributed by atoms with E-state index < -0.39 is 5.97 Å². The van der Waals surface area contributed by atoms with Crippen LogP contribution in [0.25, 0.3) is 0 Å². The molecule has 1 aromatic heterocycles. The van der Waals surface area contributed by atoms with Gasteiger partial charge in [-0.3, -0.25) is 4.79 Å². The van der Waals surface area contributed by atoms with Crippen LogP contribution in [0.15, 0.2) is 54.9 Å². The first-order valence-corrected chi connectivity index (χ1v) is 11.8. The Hall–Kier alpha value is -3.45. The lowest BCUT2D eigenvalue weighted by Gasteiger charge is -2.31. The van der Waals surface area contributed by atoms with Crippen molar-refractivity contribution < 1.29 is 29.2 Å². The van der Waals surface area contributed by atoms with Crippen molar-refractivity contribution in [1.29, 1.82) is 0 Å². The number of carbonyl (C=O) groups is 1. The van der Waals surface area contributed by atoms with E-state index in [2.05, 4.69) is 24.3 Å². The van der Waals surface area contributed by atoms with Crippen LogP contribution in [0, 0.1) is 11.8 Å². The number of ether oxygens (including phenoxy) is 3. The average Bonchev–Trinajstić information content (AvgIpc) is 3.48. The number of benzene rings is 2. The number of aliphatic hydroxyl groups is 1. The van der Waals surface area contributed by atoms with Crippen LogP contribution < -0.4 is 14.2 Å². The summed E-state index contributed by atoms with van der Waals surface area (Å²) in [5, 5.41) is 19.9. The van der Waals surface area contributed by atoms with E-state index in [1.807, 2.05) is 35.2 Å². The molecule has 1 aliphatic rings. The third-order valence-corrected chi connectivity index (χ3v) is 6.96. The van der Waals surface area contributed by atoms with Gasteiger partial charge in [-0.05, 0) is 60.1 Å². The first-order valence-electron chi connectivity index (χ1n) is 11.8. The molecule has 0 aliphatic heterocycles. The van der Waals surface area contributed by atoms with Gasteiger partial charge in [0.2, 0.25) is 5.75 Å². The van der Waals surface area contributed by atoms with Crippen LogP contribution in [0.4, 0.5) is 0 Å². The quantitative estimate of drug-likeness (QED) is 0.430. The molecule has 7 heteroatoms. The Morgan fingerprint density at radius 2 is 1.69 bits per heavy atom. The fourth-order valence-electron chi connectivity index (χ4n) is 5.47. The molecule has 0 amide bonds. The van der Waals surface area contributed by atoms with Crippen molar-refractivity contribution in [3.63, 3.8) is 0 Å². The zero-order valence-corrected chi connectivity index (χ0v) is 20.4. The lowest BCUT2D eigenvalue weighted by Crippen LogP contribution is -2.26. The van der Waals surface area contributed by atoms with Gasteiger partial charge in [-0.2, -0.15) is 0 Å². The Kier molecular flexibility index (Phi) is 7.66. The van der Waals surface area contributed by atoms with Gasteiger partial charge >= 0.3 is 5.97 Å². The molecule has 3 aromatic rings. The highest BCUT2D eigenvalue weighted by Crippen LogP contribution is 2.46. The number of aromatic nitrogens is 1. The maximum absolute atomic E-state index is 11.3. The molecule has 0 spiro atoms. The Bertz CT molecular complexity index is 1150. The summed E-state index contributed by atoms with van der Waals surface area (Å²) in [6.07, 6.45) is 6.44. The summed E-state index contributed by atoms with van der Waals surface area (Å²) in [5.41, 5.74) is 4.29. The second-order valence-electron chi connectivity index (χ2n) is 9.13. The molecule has 1 heterocycles. The summed E-state index contributed by atoms with van der Waals surface area (Å²) in [7, 11) is 4.73. The highest BCUT2D eigenvalue weighted by atomic mass is 16.5. The Morgan fingerprint density at radius 1 is 1.00 bits per heavy atom. The van der Waals surface area contributed by atoms with Crippen LogP contribution in [0.2, 0.25) is 0 Å². The molecule has 7 nitrogen and oxygen atoms in total. The molecule has 0 radical (unpaired) electrons. The molecule has 0 fully saturated rings. The Balaban J connectivity index is 1.74. The summed E-state index contributed by atoms with van der Waals surface area (Å²) in [6.45, 7) is -0.0263. The van der Waals surface area contributed by atoms with Gasteiger partial charge in [0.15, 0.2) is 11.5 Å². The van der Waals surface area contributed by atoms with Gasteiger partial charge in [0.25, 0.3) is 0 Å². The topological polar surface area (TPSA) is 90.2 Å². The molecule has 186 valence electrons. The minimum atomic E-state index is -0.884. The van der Waals surface area contributed by atoms with Gasteiger partial charge in [0.1, 0.15) is 0 Å². The molecule has 0 saturated carbocycles. The molecule has 2 atom stereocenters. The smallest absolute Gasteiger partial charge is 0.307 e. The minimum absolute atomic E-state index is 0.0263. The molecule has 0 bridgehead atoms. The van der Waals surface area contributed by atoms with E-state index >= 15 is 0 Å². The van der Waals surface area contributed by atoms with Crippen LogP contribution in [0.3, 0.4) is 0 Å². The predicted octanol–water partition coefficient (Wildman–Crippen LogP) is 4.14. The highest BCUT2D eigenvalue weighted by molar-refractivity contribution is 5.70. The first kappa shape index (κ1) is 24.7. The number of hydrogen-bond acceptors (Lipinski definition) is 5. The normalized spacial score (nSPS) is 14.9. The van der Waals surface area contributed by atoms with Crippen molar-refractivity contribution in [3.8, 4) is 17.2 Å². The molecule has 2 N–H and O–H groups in total. The van der Waals surface area contributed by atoms with Crippen LogP contribution in [-0.2, 0) is 24.1 Å². The molecule has 0 saturated heterocycles. The summed E-state index contributed by atoms with van der Waals surface area (Å²) < 4.78 is 18.9. The summed E-state index contributed by atoms with van der Waals surface area (Å²) in [6, 6.07) is 13.8. The number of fused-ring (bicyclic) bond motifs is 1. The maximum atomic E-state index is 11.3. The fourth-order valence-corrected chi connectivity index (χ4v) is 5.47. The first-order chi connectivity index (χ1) is 17.0. The largest absolute Gasteiger partial charge is 0.493 e. The van der Waals surface area contributed by atoms with E-state index in [-0.39, 0.29) is 25.0 Å². The third kappa shape index (κ3) is 5.15. The number of rotatable bonds is 11. The van der Waals surface area contributed by atoms with Crippen molar-refractivity contribution in [1.82, 2.24) is 4.57 Å². The predicted molar refractivity (Wildman–Crippen MR) is 133 cm³/mol. The van der Waals surface area contributed by atoms with Crippen LogP contribution in [-0.4, -0.2) is 48.7 Å². The molecule has 35 heavy (non-hydrogen) atoms. The number of methoxy groups -OCH3 is 3. The number of carboxylic acids is 1.